The van der Waals surface area contributed by atoms with E-state index in [2.05, 4.69) is 6.92 Å². The van der Waals surface area contributed by atoms with Crippen molar-refractivity contribution in [3.8, 4) is 0 Å². The number of Topliss-reactive ketones (excluding diaryl/α,β-unsaturated/α-hetero) is 1. The Labute approximate surface area is 65.7 Å². The first-order valence-corrected chi connectivity index (χ1v) is 4.25. The van der Waals surface area contributed by atoms with Crippen LogP contribution in [0.1, 0.15) is 26.2 Å². The van der Waals surface area contributed by atoms with E-state index < -0.39 is 0 Å². The Morgan fingerprint density at radius 2 is 2.20 bits per heavy atom. The zero-order valence-electron chi connectivity index (χ0n) is 6.06. The summed E-state index contributed by atoms with van der Waals surface area (Å²) in [6.07, 6.45) is 3.30. The molecule has 1 nitrogen and oxygen atoms in total. The van der Waals surface area contributed by atoms with Gasteiger partial charge in [-0.05, 0) is 18.8 Å². The number of ketones is 1. The lowest BCUT2D eigenvalue weighted by Gasteiger charge is -2.42. The number of carbonyl (C=O) groups is 1. The lowest BCUT2D eigenvalue weighted by atomic mass is 9.65. The van der Waals surface area contributed by atoms with E-state index in [1.54, 1.807) is 0 Å². The van der Waals surface area contributed by atoms with Gasteiger partial charge in [-0.25, -0.2) is 0 Å². The van der Waals surface area contributed by atoms with Crippen LogP contribution in [0.3, 0.4) is 0 Å². The number of carbonyl (C=O) groups excluding carboxylic acids is 1. The van der Waals surface area contributed by atoms with E-state index in [-0.39, 0.29) is 16.6 Å². The lowest BCUT2D eigenvalue weighted by molar-refractivity contribution is -0.132. The van der Waals surface area contributed by atoms with Gasteiger partial charge >= 0.3 is 0 Å². The van der Waals surface area contributed by atoms with Crippen molar-refractivity contribution in [3.63, 3.8) is 0 Å². The fraction of sp³-hybridized carbons (Fsp3) is 0.875. The molecule has 0 aliphatic heterocycles. The minimum absolute atomic E-state index is 0.167. The quantitative estimate of drug-likeness (QED) is 0.534. The summed E-state index contributed by atoms with van der Waals surface area (Å²) in [4.78, 5) is 10.8. The van der Waals surface area contributed by atoms with Gasteiger partial charge in [0.2, 0.25) is 0 Å². The summed E-state index contributed by atoms with van der Waals surface area (Å²) in [5, 5.41) is -0.167. The van der Waals surface area contributed by atoms with Gasteiger partial charge in [0.15, 0.2) is 5.78 Å². The first-order valence-electron chi connectivity index (χ1n) is 3.81. The van der Waals surface area contributed by atoms with Gasteiger partial charge in [-0.3, -0.25) is 4.79 Å². The minimum atomic E-state index is -0.167. The van der Waals surface area contributed by atoms with Crippen LogP contribution in [0.25, 0.3) is 0 Å². The number of rotatable bonds is 1. The molecule has 0 aromatic heterocycles. The molecule has 0 aromatic rings. The SMILES string of the molecule is CC1(C2CC2)CC(=O)C1Cl. The molecule has 0 aromatic carbocycles. The van der Waals surface area contributed by atoms with E-state index in [1.165, 1.54) is 12.8 Å². The Bertz CT molecular complexity index is 186. The van der Waals surface area contributed by atoms with Gasteiger partial charge in [-0.15, -0.1) is 11.6 Å². The minimum Gasteiger partial charge on any atom is -0.298 e. The van der Waals surface area contributed by atoms with Gasteiger partial charge in [0.05, 0.1) is 5.38 Å². The maximum atomic E-state index is 10.8. The standard InChI is InChI=1S/C8H11ClO/c1-8(5-2-3-5)4-6(10)7(8)9/h5,7H,2-4H2,1H3. The molecule has 0 bridgehead atoms. The maximum Gasteiger partial charge on any atom is 0.151 e. The number of alkyl halides is 1. The molecular formula is C8H11ClO. The fourth-order valence-corrected chi connectivity index (χ4v) is 2.22. The van der Waals surface area contributed by atoms with Gasteiger partial charge < -0.3 is 0 Å². The van der Waals surface area contributed by atoms with Crippen LogP contribution in [0, 0.1) is 11.3 Å². The van der Waals surface area contributed by atoms with Gasteiger partial charge in [0.1, 0.15) is 0 Å². The van der Waals surface area contributed by atoms with E-state index in [4.69, 9.17) is 11.6 Å². The molecule has 0 N–H and O–H groups in total. The lowest BCUT2D eigenvalue weighted by Crippen LogP contribution is -2.49. The summed E-state index contributed by atoms with van der Waals surface area (Å²) in [7, 11) is 0. The van der Waals surface area contributed by atoms with Crippen LogP contribution in [0.4, 0.5) is 0 Å². The molecule has 10 heavy (non-hydrogen) atoms. The summed E-state index contributed by atoms with van der Waals surface area (Å²) in [6, 6.07) is 0. The highest BCUT2D eigenvalue weighted by Gasteiger charge is 2.56. The Balaban J connectivity index is 2.10. The van der Waals surface area contributed by atoms with Crippen LogP contribution in [0.15, 0.2) is 0 Å². The van der Waals surface area contributed by atoms with Crippen molar-refractivity contribution in [3.05, 3.63) is 0 Å². The maximum absolute atomic E-state index is 10.8. The monoisotopic (exact) mass is 158 g/mol. The highest BCUT2D eigenvalue weighted by Crippen LogP contribution is 2.57. The molecular weight excluding hydrogens is 148 g/mol. The van der Waals surface area contributed by atoms with E-state index in [0.717, 1.165) is 12.3 Å². The molecule has 2 heteroatoms. The van der Waals surface area contributed by atoms with Gasteiger partial charge in [-0.2, -0.15) is 0 Å². The van der Waals surface area contributed by atoms with Gasteiger partial charge in [0, 0.05) is 11.8 Å². The zero-order valence-corrected chi connectivity index (χ0v) is 6.82. The topological polar surface area (TPSA) is 17.1 Å². The van der Waals surface area contributed by atoms with Crippen LogP contribution in [0.2, 0.25) is 0 Å². The summed E-state index contributed by atoms with van der Waals surface area (Å²) in [6.45, 7) is 2.14. The molecule has 56 valence electrons. The van der Waals surface area contributed by atoms with E-state index in [1.807, 2.05) is 0 Å². The van der Waals surface area contributed by atoms with E-state index in [9.17, 15) is 4.79 Å². The highest BCUT2D eigenvalue weighted by molar-refractivity contribution is 6.34. The second kappa shape index (κ2) is 1.76. The Hall–Kier alpha value is -0.0400. The largest absolute Gasteiger partial charge is 0.298 e. The van der Waals surface area contributed by atoms with Crippen LogP contribution in [-0.4, -0.2) is 11.2 Å². The predicted molar refractivity (Wildman–Crippen MR) is 40.1 cm³/mol. The predicted octanol–water partition coefficient (Wildman–Crippen LogP) is 1.98. The summed E-state index contributed by atoms with van der Waals surface area (Å²) in [5.41, 5.74) is 0.179. The molecule has 2 atom stereocenters. The number of halogens is 1. The molecule has 2 unspecified atom stereocenters. The number of hydrogen-bond acceptors (Lipinski definition) is 1. The average Bonchev–Trinajstić information content (AvgIpc) is 2.68. The highest BCUT2D eigenvalue weighted by atomic mass is 35.5. The van der Waals surface area contributed by atoms with Crippen LogP contribution in [-0.2, 0) is 4.79 Å². The Morgan fingerprint density at radius 1 is 1.60 bits per heavy atom. The van der Waals surface area contributed by atoms with Crippen molar-refractivity contribution in [1.29, 1.82) is 0 Å². The van der Waals surface area contributed by atoms with Crippen molar-refractivity contribution in [2.24, 2.45) is 11.3 Å². The normalized spacial score (nSPS) is 47.0. The molecule has 2 fully saturated rings. The second-order valence-corrected chi connectivity index (χ2v) is 4.22. The molecule has 0 amide bonds. The van der Waals surface area contributed by atoms with Gasteiger partial charge in [0.25, 0.3) is 0 Å². The van der Waals surface area contributed by atoms with Crippen molar-refractivity contribution in [1.82, 2.24) is 0 Å². The third kappa shape index (κ3) is 0.672. The van der Waals surface area contributed by atoms with Crippen LogP contribution >= 0.6 is 11.6 Å². The molecule has 2 rings (SSSR count). The molecule has 2 aliphatic carbocycles. The fourth-order valence-electron chi connectivity index (χ4n) is 1.89. The van der Waals surface area contributed by atoms with Crippen molar-refractivity contribution < 1.29 is 4.79 Å². The summed E-state index contributed by atoms with van der Waals surface area (Å²) in [5.74, 6) is 1.00. The Kier molecular flexibility index (Phi) is 1.17. The van der Waals surface area contributed by atoms with Crippen molar-refractivity contribution >= 4 is 17.4 Å². The van der Waals surface area contributed by atoms with Crippen LogP contribution < -0.4 is 0 Å². The van der Waals surface area contributed by atoms with E-state index >= 15 is 0 Å². The van der Waals surface area contributed by atoms with Gasteiger partial charge in [-0.1, -0.05) is 6.92 Å². The first-order chi connectivity index (χ1) is 4.64. The second-order valence-electron chi connectivity index (χ2n) is 3.79. The third-order valence-electron chi connectivity index (χ3n) is 2.93. The number of hydrogen-bond donors (Lipinski definition) is 0. The van der Waals surface area contributed by atoms with Crippen molar-refractivity contribution in [2.75, 3.05) is 0 Å². The first kappa shape index (κ1) is 6.66. The molecule has 0 radical (unpaired) electrons. The molecule has 0 saturated heterocycles. The van der Waals surface area contributed by atoms with Crippen molar-refractivity contribution in [2.45, 2.75) is 31.6 Å². The van der Waals surface area contributed by atoms with E-state index in [0.29, 0.717) is 0 Å². The zero-order chi connectivity index (χ0) is 7.35. The smallest absolute Gasteiger partial charge is 0.151 e. The molecule has 2 aliphatic rings. The molecule has 2 saturated carbocycles. The van der Waals surface area contributed by atoms with Crippen LogP contribution in [0.5, 0.6) is 0 Å². The molecule has 0 spiro atoms. The average molecular weight is 159 g/mol. The summed E-state index contributed by atoms with van der Waals surface area (Å²) >= 11 is 5.89. The third-order valence-corrected chi connectivity index (χ3v) is 3.67. The Morgan fingerprint density at radius 3 is 2.50 bits per heavy atom. The summed E-state index contributed by atoms with van der Waals surface area (Å²) < 4.78 is 0. The molecule has 0 heterocycles.